The van der Waals surface area contributed by atoms with Crippen molar-refractivity contribution in [2.45, 2.75) is 19.4 Å². The van der Waals surface area contributed by atoms with E-state index in [4.69, 9.17) is 5.73 Å². The van der Waals surface area contributed by atoms with Crippen molar-refractivity contribution in [3.05, 3.63) is 47.0 Å². The second-order valence-corrected chi connectivity index (χ2v) is 5.53. The molecule has 1 aromatic heterocycles. The highest BCUT2D eigenvalue weighted by Gasteiger charge is 2.30. The van der Waals surface area contributed by atoms with Crippen molar-refractivity contribution in [1.29, 1.82) is 0 Å². The number of hydrogen-bond donors (Lipinski definition) is 2. The number of thiazole rings is 1. The maximum absolute atomic E-state index is 12.2. The Hall–Kier alpha value is -1.72. The molecular formula is C13H15N3OS. The number of carbonyl (C=O) groups is 1. The van der Waals surface area contributed by atoms with Gasteiger partial charge in [0.1, 0.15) is 5.54 Å². The average Bonchev–Trinajstić information content (AvgIpc) is 2.76. The predicted octanol–water partition coefficient (Wildman–Crippen LogP) is 2.26. The Labute approximate surface area is 110 Å². The molecule has 0 aliphatic carbocycles. The van der Waals surface area contributed by atoms with Crippen LogP contribution in [0.3, 0.4) is 0 Å². The van der Waals surface area contributed by atoms with Gasteiger partial charge in [-0.15, -0.1) is 11.3 Å². The molecular weight excluding hydrogens is 246 g/mol. The van der Waals surface area contributed by atoms with Crippen LogP contribution in [0.5, 0.6) is 0 Å². The summed E-state index contributed by atoms with van der Waals surface area (Å²) in [5, 5.41) is 3.32. The Kier molecular flexibility index (Phi) is 3.45. The van der Waals surface area contributed by atoms with Crippen molar-refractivity contribution in [3.63, 3.8) is 0 Å². The van der Waals surface area contributed by atoms with Crippen LogP contribution in [0.2, 0.25) is 0 Å². The van der Waals surface area contributed by atoms with E-state index in [-0.39, 0.29) is 5.91 Å². The molecule has 0 fully saturated rings. The van der Waals surface area contributed by atoms with Gasteiger partial charge in [-0.25, -0.2) is 4.98 Å². The van der Waals surface area contributed by atoms with Crippen LogP contribution in [0.15, 0.2) is 36.5 Å². The first-order valence-corrected chi connectivity index (χ1v) is 6.40. The highest BCUT2D eigenvalue weighted by atomic mass is 32.1. The normalized spacial score (nSPS) is 13.9. The first-order chi connectivity index (χ1) is 8.50. The van der Waals surface area contributed by atoms with Crippen molar-refractivity contribution in [1.82, 2.24) is 4.98 Å². The molecule has 2 aromatic rings. The van der Waals surface area contributed by atoms with Crippen molar-refractivity contribution in [2.24, 2.45) is 5.73 Å². The Morgan fingerprint density at radius 1 is 1.39 bits per heavy atom. The minimum atomic E-state index is -1.07. The third kappa shape index (κ3) is 2.57. The summed E-state index contributed by atoms with van der Waals surface area (Å²) in [6, 6.07) is 9.30. The van der Waals surface area contributed by atoms with Crippen LogP contribution in [-0.4, -0.2) is 10.9 Å². The summed E-state index contributed by atoms with van der Waals surface area (Å²) in [6.45, 7) is 3.63. The molecule has 1 amide bonds. The van der Waals surface area contributed by atoms with Crippen LogP contribution in [0, 0.1) is 6.92 Å². The van der Waals surface area contributed by atoms with E-state index in [2.05, 4.69) is 10.3 Å². The zero-order valence-corrected chi connectivity index (χ0v) is 11.1. The van der Waals surface area contributed by atoms with Crippen molar-refractivity contribution < 1.29 is 4.79 Å². The van der Waals surface area contributed by atoms with E-state index in [0.29, 0.717) is 5.13 Å². The first kappa shape index (κ1) is 12.7. The number of benzene rings is 1. The molecule has 0 spiro atoms. The lowest BCUT2D eigenvalue weighted by molar-refractivity contribution is -0.120. The van der Waals surface area contributed by atoms with Crippen LogP contribution in [-0.2, 0) is 10.3 Å². The van der Waals surface area contributed by atoms with Gasteiger partial charge >= 0.3 is 0 Å². The quantitative estimate of drug-likeness (QED) is 0.890. The Bertz CT molecular complexity index is 548. The van der Waals surface area contributed by atoms with E-state index < -0.39 is 5.54 Å². The van der Waals surface area contributed by atoms with E-state index >= 15 is 0 Å². The summed E-state index contributed by atoms with van der Waals surface area (Å²) in [5.74, 6) is -0.261. The number of rotatable bonds is 3. The molecule has 1 unspecified atom stereocenters. The van der Waals surface area contributed by atoms with Gasteiger partial charge in [0.05, 0.1) is 0 Å². The van der Waals surface area contributed by atoms with Crippen LogP contribution in [0.25, 0.3) is 0 Å². The SMILES string of the molecule is Cc1cnc(NC(=O)C(C)(N)c2ccccc2)s1. The largest absolute Gasteiger partial charge is 0.314 e. The lowest BCUT2D eigenvalue weighted by atomic mass is 9.92. The predicted molar refractivity (Wildman–Crippen MR) is 73.5 cm³/mol. The molecule has 1 heterocycles. The van der Waals surface area contributed by atoms with E-state index in [0.717, 1.165) is 10.4 Å². The fraction of sp³-hybridized carbons (Fsp3) is 0.231. The summed E-state index contributed by atoms with van der Waals surface area (Å²) in [7, 11) is 0. The first-order valence-electron chi connectivity index (χ1n) is 5.58. The van der Waals surface area contributed by atoms with E-state index in [1.807, 2.05) is 37.3 Å². The minimum absolute atomic E-state index is 0.261. The zero-order valence-electron chi connectivity index (χ0n) is 10.3. The van der Waals surface area contributed by atoms with Crippen LogP contribution < -0.4 is 11.1 Å². The van der Waals surface area contributed by atoms with Gasteiger partial charge in [0.25, 0.3) is 5.91 Å². The minimum Gasteiger partial charge on any atom is -0.314 e. The molecule has 0 aliphatic rings. The summed E-state index contributed by atoms with van der Waals surface area (Å²) in [5.41, 5.74) is 5.81. The summed E-state index contributed by atoms with van der Waals surface area (Å²) in [4.78, 5) is 17.3. The molecule has 0 bridgehead atoms. The summed E-state index contributed by atoms with van der Waals surface area (Å²) >= 11 is 1.43. The van der Waals surface area contributed by atoms with Crippen LogP contribution in [0.1, 0.15) is 17.4 Å². The van der Waals surface area contributed by atoms with Crippen molar-refractivity contribution in [3.8, 4) is 0 Å². The maximum atomic E-state index is 12.2. The van der Waals surface area contributed by atoms with Gasteiger partial charge in [-0.3, -0.25) is 4.79 Å². The topological polar surface area (TPSA) is 68.0 Å². The van der Waals surface area contributed by atoms with Gasteiger partial charge in [0.15, 0.2) is 5.13 Å². The Morgan fingerprint density at radius 3 is 2.61 bits per heavy atom. The van der Waals surface area contributed by atoms with Crippen LogP contribution in [0.4, 0.5) is 5.13 Å². The van der Waals surface area contributed by atoms with Gasteiger partial charge in [-0.05, 0) is 19.4 Å². The Balaban J connectivity index is 2.18. The van der Waals surface area contributed by atoms with Crippen molar-refractivity contribution in [2.75, 3.05) is 5.32 Å². The molecule has 4 nitrogen and oxygen atoms in total. The molecule has 0 radical (unpaired) electrons. The van der Waals surface area contributed by atoms with Gasteiger partial charge in [-0.1, -0.05) is 30.3 Å². The van der Waals surface area contributed by atoms with Gasteiger partial charge in [0, 0.05) is 11.1 Å². The van der Waals surface area contributed by atoms with E-state index in [1.165, 1.54) is 11.3 Å². The molecule has 3 N–H and O–H groups in total. The lowest BCUT2D eigenvalue weighted by Gasteiger charge is -2.23. The number of nitrogens with zero attached hydrogens (tertiary/aromatic N) is 1. The number of aromatic nitrogens is 1. The van der Waals surface area contributed by atoms with E-state index in [1.54, 1.807) is 13.1 Å². The van der Waals surface area contributed by atoms with Gasteiger partial charge in [0.2, 0.25) is 0 Å². The smallest absolute Gasteiger partial charge is 0.250 e. The summed E-state index contributed by atoms with van der Waals surface area (Å²) < 4.78 is 0. The fourth-order valence-electron chi connectivity index (χ4n) is 1.55. The Morgan fingerprint density at radius 2 is 2.06 bits per heavy atom. The number of hydrogen-bond acceptors (Lipinski definition) is 4. The number of amides is 1. The average molecular weight is 261 g/mol. The molecule has 0 saturated carbocycles. The molecule has 2 rings (SSSR count). The third-order valence-electron chi connectivity index (χ3n) is 2.69. The molecule has 94 valence electrons. The molecule has 0 aliphatic heterocycles. The second kappa shape index (κ2) is 4.88. The van der Waals surface area contributed by atoms with E-state index in [9.17, 15) is 4.79 Å². The number of anilines is 1. The number of nitrogens with one attached hydrogen (secondary N) is 1. The lowest BCUT2D eigenvalue weighted by Crippen LogP contribution is -2.45. The molecule has 1 aromatic carbocycles. The fourth-order valence-corrected chi connectivity index (χ4v) is 2.21. The summed E-state index contributed by atoms with van der Waals surface area (Å²) in [6.07, 6.45) is 1.72. The molecule has 1 atom stereocenters. The number of carbonyl (C=O) groups excluding carboxylic acids is 1. The standard InChI is InChI=1S/C13H15N3OS/c1-9-8-15-12(18-9)16-11(17)13(2,14)10-6-4-3-5-7-10/h3-8H,14H2,1-2H3,(H,15,16,17). The van der Waals surface area contributed by atoms with Gasteiger partial charge < -0.3 is 11.1 Å². The third-order valence-corrected chi connectivity index (χ3v) is 3.52. The highest BCUT2D eigenvalue weighted by molar-refractivity contribution is 7.15. The molecule has 0 saturated heterocycles. The zero-order chi connectivity index (χ0) is 13.2. The second-order valence-electron chi connectivity index (χ2n) is 4.30. The highest BCUT2D eigenvalue weighted by Crippen LogP contribution is 2.22. The molecule has 5 heteroatoms. The monoisotopic (exact) mass is 261 g/mol. The van der Waals surface area contributed by atoms with Gasteiger partial charge in [-0.2, -0.15) is 0 Å². The number of aryl methyl sites for hydroxylation is 1. The number of nitrogens with two attached hydrogens (primary N) is 1. The van der Waals surface area contributed by atoms with Crippen LogP contribution >= 0.6 is 11.3 Å². The maximum Gasteiger partial charge on any atom is 0.250 e. The molecule has 18 heavy (non-hydrogen) atoms. The van der Waals surface area contributed by atoms with Crippen molar-refractivity contribution >= 4 is 22.4 Å².